The van der Waals surface area contributed by atoms with Crippen molar-refractivity contribution in [2.45, 2.75) is 13.2 Å². The van der Waals surface area contributed by atoms with Gasteiger partial charge >= 0.3 is 6.61 Å². The summed E-state index contributed by atoms with van der Waals surface area (Å²) in [6.07, 6.45) is 0. The van der Waals surface area contributed by atoms with Crippen LogP contribution in [0.1, 0.15) is 15.9 Å². The highest BCUT2D eigenvalue weighted by Gasteiger charge is 2.14. The van der Waals surface area contributed by atoms with Crippen LogP contribution in [0.25, 0.3) is 0 Å². The number of ether oxygens (including phenoxy) is 1. The van der Waals surface area contributed by atoms with Gasteiger partial charge in [-0.3, -0.25) is 4.79 Å². The molecule has 0 radical (unpaired) electrons. The van der Waals surface area contributed by atoms with Crippen LogP contribution in [-0.4, -0.2) is 12.5 Å². The number of amides is 1. The molecule has 0 atom stereocenters. The van der Waals surface area contributed by atoms with Gasteiger partial charge in [0.15, 0.2) is 0 Å². The molecular weight excluding hydrogens is 319 g/mol. The number of rotatable bonds is 5. The van der Waals surface area contributed by atoms with Crippen LogP contribution >= 0.6 is 11.6 Å². The predicted octanol–water partition coefficient (Wildman–Crippen LogP) is 4.01. The normalized spacial score (nSPS) is 10.6. The van der Waals surface area contributed by atoms with Gasteiger partial charge in [-0.2, -0.15) is 8.78 Å². The highest BCUT2D eigenvalue weighted by atomic mass is 35.5. The molecule has 22 heavy (non-hydrogen) atoms. The second-order valence-electron chi connectivity index (χ2n) is 4.29. The summed E-state index contributed by atoms with van der Waals surface area (Å²) in [5.41, 5.74) is 0.169. The van der Waals surface area contributed by atoms with Crippen LogP contribution < -0.4 is 10.1 Å². The molecule has 7 heteroatoms. The van der Waals surface area contributed by atoms with E-state index in [0.29, 0.717) is 5.56 Å². The molecule has 0 spiro atoms. The van der Waals surface area contributed by atoms with E-state index in [9.17, 15) is 18.0 Å². The summed E-state index contributed by atoms with van der Waals surface area (Å²) in [6.45, 7) is -3.05. The topological polar surface area (TPSA) is 38.3 Å². The van der Waals surface area contributed by atoms with Crippen molar-refractivity contribution in [1.29, 1.82) is 0 Å². The fourth-order valence-corrected chi connectivity index (χ4v) is 1.96. The minimum Gasteiger partial charge on any atom is -0.434 e. The van der Waals surface area contributed by atoms with Crippen LogP contribution in [0.3, 0.4) is 0 Å². The largest absolute Gasteiger partial charge is 0.434 e. The SMILES string of the molecule is O=C(NCc1ccccc1OC(F)F)c1ccc(Cl)cc1F. The predicted molar refractivity (Wildman–Crippen MR) is 75.7 cm³/mol. The standard InChI is InChI=1S/C15H11ClF3NO2/c16-10-5-6-11(12(17)7-10)14(21)20-8-9-3-1-2-4-13(9)22-15(18)19/h1-7,15H,8H2,(H,20,21). The highest BCUT2D eigenvalue weighted by molar-refractivity contribution is 6.30. The van der Waals surface area contributed by atoms with Gasteiger partial charge in [-0.15, -0.1) is 0 Å². The second kappa shape index (κ2) is 7.17. The molecule has 0 saturated heterocycles. The number of carbonyl (C=O) groups excluding carboxylic acids is 1. The van der Waals surface area contributed by atoms with Crippen LogP contribution in [0.2, 0.25) is 5.02 Å². The first-order valence-electron chi connectivity index (χ1n) is 6.23. The minimum absolute atomic E-state index is 0.0469. The number of nitrogens with one attached hydrogen (secondary N) is 1. The number of hydrogen-bond donors (Lipinski definition) is 1. The fourth-order valence-electron chi connectivity index (χ4n) is 1.81. The zero-order valence-corrected chi connectivity index (χ0v) is 11.9. The first-order chi connectivity index (χ1) is 10.5. The summed E-state index contributed by atoms with van der Waals surface area (Å²) in [7, 11) is 0. The van der Waals surface area contributed by atoms with E-state index < -0.39 is 18.3 Å². The van der Waals surface area contributed by atoms with Gasteiger partial charge in [-0.05, 0) is 24.3 Å². The molecule has 0 heterocycles. The van der Waals surface area contributed by atoms with E-state index in [2.05, 4.69) is 10.1 Å². The van der Waals surface area contributed by atoms with E-state index in [0.717, 1.165) is 6.07 Å². The summed E-state index contributed by atoms with van der Waals surface area (Å²) >= 11 is 5.60. The van der Waals surface area contributed by atoms with E-state index in [1.807, 2.05) is 0 Å². The van der Waals surface area contributed by atoms with Crippen molar-refractivity contribution in [3.8, 4) is 5.75 Å². The van der Waals surface area contributed by atoms with Crippen molar-refractivity contribution in [1.82, 2.24) is 5.32 Å². The third-order valence-electron chi connectivity index (χ3n) is 2.80. The van der Waals surface area contributed by atoms with Gasteiger partial charge in [-0.25, -0.2) is 4.39 Å². The average Bonchev–Trinajstić information content (AvgIpc) is 2.45. The number of halogens is 4. The van der Waals surface area contributed by atoms with Crippen LogP contribution in [-0.2, 0) is 6.54 Å². The van der Waals surface area contributed by atoms with Crippen LogP contribution in [0.15, 0.2) is 42.5 Å². The summed E-state index contributed by atoms with van der Waals surface area (Å²) in [4.78, 5) is 11.9. The average molecular weight is 330 g/mol. The molecule has 2 rings (SSSR count). The molecule has 0 unspecified atom stereocenters. The molecule has 0 aliphatic heterocycles. The van der Waals surface area contributed by atoms with E-state index in [-0.39, 0.29) is 22.9 Å². The Hall–Kier alpha value is -2.21. The minimum atomic E-state index is -2.97. The van der Waals surface area contributed by atoms with Crippen molar-refractivity contribution in [2.75, 3.05) is 0 Å². The van der Waals surface area contributed by atoms with Crippen molar-refractivity contribution in [3.63, 3.8) is 0 Å². The lowest BCUT2D eigenvalue weighted by atomic mass is 10.1. The van der Waals surface area contributed by atoms with Crippen molar-refractivity contribution in [2.24, 2.45) is 0 Å². The molecule has 0 aliphatic rings. The molecule has 0 saturated carbocycles. The van der Waals surface area contributed by atoms with Crippen molar-refractivity contribution in [3.05, 3.63) is 64.4 Å². The van der Waals surface area contributed by atoms with E-state index >= 15 is 0 Å². The first-order valence-corrected chi connectivity index (χ1v) is 6.61. The van der Waals surface area contributed by atoms with E-state index in [1.165, 1.54) is 30.3 Å². The van der Waals surface area contributed by atoms with Gasteiger partial charge in [0.05, 0.1) is 5.56 Å². The Kier molecular flexibility index (Phi) is 5.27. The molecule has 0 aromatic heterocycles. The second-order valence-corrected chi connectivity index (χ2v) is 4.73. The van der Waals surface area contributed by atoms with Crippen LogP contribution in [0.5, 0.6) is 5.75 Å². The lowest BCUT2D eigenvalue weighted by Crippen LogP contribution is -2.24. The maximum atomic E-state index is 13.6. The smallest absolute Gasteiger partial charge is 0.387 e. The van der Waals surface area contributed by atoms with Gasteiger partial charge in [0, 0.05) is 17.1 Å². The van der Waals surface area contributed by atoms with Crippen LogP contribution in [0.4, 0.5) is 13.2 Å². The lowest BCUT2D eigenvalue weighted by molar-refractivity contribution is -0.0504. The Morgan fingerprint density at radius 1 is 1.23 bits per heavy atom. The summed E-state index contributed by atoms with van der Waals surface area (Å²) in [6, 6.07) is 9.67. The van der Waals surface area contributed by atoms with Gasteiger partial charge < -0.3 is 10.1 Å². The van der Waals surface area contributed by atoms with E-state index in [1.54, 1.807) is 6.07 Å². The van der Waals surface area contributed by atoms with Gasteiger partial charge in [0.2, 0.25) is 0 Å². The number of para-hydroxylation sites is 1. The molecule has 1 N–H and O–H groups in total. The zero-order chi connectivity index (χ0) is 16.1. The maximum Gasteiger partial charge on any atom is 0.387 e. The van der Waals surface area contributed by atoms with Gasteiger partial charge in [0.25, 0.3) is 5.91 Å². The Morgan fingerprint density at radius 3 is 2.64 bits per heavy atom. The Morgan fingerprint density at radius 2 is 1.95 bits per heavy atom. The molecule has 0 aliphatic carbocycles. The zero-order valence-electron chi connectivity index (χ0n) is 11.2. The third-order valence-corrected chi connectivity index (χ3v) is 3.04. The highest BCUT2D eigenvalue weighted by Crippen LogP contribution is 2.20. The molecule has 2 aromatic carbocycles. The summed E-state index contributed by atoms with van der Waals surface area (Å²) in [5, 5.41) is 2.61. The molecule has 3 nitrogen and oxygen atoms in total. The lowest BCUT2D eigenvalue weighted by Gasteiger charge is -2.11. The van der Waals surface area contributed by atoms with Crippen molar-refractivity contribution < 1.29 is 22.7 Å². The number of alkyl halides is 2. The number of hydrogen-bond acceptors (Lipinski definition) is 2. The first kappa shape index (κ1) is 16.2. The Balaban J connectivity index is 2.08. The molecule has 0 fully saturated rings. The van der Waals surface area contributed by atoms with E-state index in [4.69, 9.17) is 11.6 Å². The number of benzene rings is 2. The van der Waals surface area contributed by atoms with Crippen molar-refractivity contribution >= 4 is 17.5 Å². The monoisotopic (exact) mass is 329 g/mol. The molecule has 1 amide bonds. The van der Waals surface area contributed by atoms with Crippen LogP contribution in [0, 0.1) is 5.82 Å². The molecule has 0 bridgehead atoms. The fraction of sp³-hybridized carbons (Fsp3) is 0.133. The van der Waals surface area contributed by atoms with Gasteiger partial charge in [0.1, 0.15) is 11.6 Å². The maximum absolute atomic E-state index is 13.6. The number of carbonyl (C=O) groups is 1. The molecule has 116 valence electrons. The Labute approximate surface area is 129 Å². The molecular formula is C15H11ClF3NO2. The van der Waals surface area contributed by atoms with Gasteiger partial charge in [-0.1, -0.05) is 29.8 Å². The molecule has 2 aromatic rings. The Bertz CT molecular complexity index is 680. The summed E-state index contributed by atoms with van der Waals surface area (Å²) in [5.74, 6) is -1.49. The quantitative estimate of drug-likeness (QED) is 0.900. The summed E-state index contributed by atoms with van der Waals surface area (Å²) < 4.78 is 42.5. The third kappa shape index (κ3) is 4.14.